The highest BCUT2D eigenvalue weighted by atomic mass is 32.1. The van der Waals surface area contributed by atoms with Crippen LogP contribution in [0.4, 0.5) is 4.39 Å². The number of halogens is 1. The monoisotopic (exact) mass is 333 g/mol. The van der Waals surface area contributed by atoms with Gasteiger partial charge in [0.1, 0.15) is 12.1 Å². The molecule has 6 heteroatoms. The average molecular weight is 333 g/mol. The molecular formula is C17H16FNO3S. The van der Waals surface area contributed by atoms with Crippen LogP contribution in [0.5, 0.6) is 5.06 Å². The molecule has 2 heterocycles. The number of nitrogens with zero attached hydrogens (tertiary/aromatic N) is 1. The predicted molar refractivity (Wildman–Crippen MR) is 84.9 cm³/mol. The Labute approximate surface area is 137 Å². The highest BCUT2D eigenvalue weighted by Gasteiger charge is 2.28. The van der Waals surface area contributed by atoms with E-state index in [1.54, 1.807) is 18.2 Å². The van der Waals surface area contributed by atoms with E-state index < -0.39 is 6.04 Å². The minimum absolute atomic E-state index is 0.349. The van der Waals surface area contributed by atoms with Crippen molar-refractivity contribution in [3.63, 3.8) is 0 Å². The third-order valence-corrected chi connectivity index (χ3v) is 4.98. The van der Waals surface area contributed by atoms with Crippen LogP contribution >= 0.6 is 11.3 Å². The summed E-state index contributed by atoms with van der Waals surface area (Å²) in [7, 11) is 0. The maximum Gasteiger partial charge on any atom is 0.308 e. The Kier molecular flexibility index (Phi) is 4.54. The molecule has 2 aromatic rings. The summed E-state index contributed by atoms with van der Waals surface area (Å²) < 4.78 is 19.1. The first-order valence-corrected chi connectivity index (χ1v) is 8.14. The second kappa shape index (κ2) is 6.60. The van der Waals surface area contributed by atoms with Gasteiger partial charge in [-0.25, -0.2) is 4.39 Å². The van der Waals surface area contributed by atoms with Gasteiger partial charge in [-0.3, -0.25) is 9.69 Å². The SMILES string of the molecule is CC(=O)Oc1cc2c(s1)CCN(C(C=O)c1ccccc1F)C2. The number of hydrogen-bond donors (Lipinski definition) is 0. The Morgan fingerprint density at radius 1 is 1.43 bits per heavy atom. The number of fused-ring (bicyclic) bond motifs is 1. The van der Waals surface area contributed by atoms with Crippen molar-refractivity contribution in [2.75, 3.05) is 6.54 Å². The third-order valence-electron chi connectivity index (χ3n) is 3.86. The second-order valence-electron chi connectivity index (χ2n) is 5.43. The number of aldehydes is 1. The molecule has 3 rings (SSSR count). The number of rotatable bonds is 4. The molecule has 1 aliphatic rings. The molecule has 0 N–H and O–H groups in total. The van der Waals surface area contributed by atoms with Crippen LogP contribution in [0.25, 0.3) is 0 Å². The van der Waals surface area contributed by atoms with Crippen LogP contribution in [-0.2, 0) is 22.6 Å². The summed E-state index contributed by atoms with van der Waals surface area (Å²) in [5.41, 5.74) is 1.42. The summed E-state index contributed by atoms with van der Waals surface area (Å²) >= 11 is 1.45. The Hall–Kier alpha value is -2.05. The molecule has 1 aromatic heterocycles. The van der Waals surface area contributed by atoms with Gasteiger partial charge in [-0.05, 0) is 24.1 Å². The Morgan fingerprint density at radius 3 is 2.91 bits per heavy atom. The van der Waals surface area contributed by atoms with Gasteiger partial charge in [-0.2, -0.15) is 0 Å². The van der Waals surface area contributed by atoms with E-state index in [1.807, 2.05) is 11.0 Å². The van der Waals surface area contributed by atoms with Crippen LogP contribution in [0, 0.1) is 5.82 Å². The van der Waals surface area contributed by atoms with Crippen molar-refractivity contribution in [3.8, 4) is 5.06 Å². The first-order chi connectivity index (χ1) is 11.1. The van der Waals surface area contributed by atoms with Crippen molar-refractivity contribution >= 4 is 23.6 Å². The zero-order valence-corrected chi connectivity index (χ0v) is 13.4. The number of thiophene rings is 1. The Morgan fingerprint density at radius 2 is 2.22 bits per heavy atom. The molecular weight excluding hydrogens is 317 g/mol. The van der Waals surface area contributed by atoms with E-state index in [0.717, 1.165) is 23.1 Å². The molecule has 1 atom stereocenters. The summed E-state index contributed by atoms with van der Waals surface area (Å²) in [6.07, 6.45) is 1.53. The van der Waals surface area contributed by atoms with E-state index in [0.29, 0.717) is 23.7 Å². The largest absolute Gasteiger partial charge is 0.416 e. The predicted octanol–water partition coefficient (Wildman–Crippen LogP) is 3.11. The van der Waals surface area contributed by atoms with Crippen LogP contribution in [0.3, 0.4) is 0 Å². The van der Waals surface area contributed by atoms with E-state index in [2.05, 4.69) is 0 Å². The molecule has 0 aliphatic carbocycles. The number of benzene rings is 1. The zero-order chi connectivity index (χ0) is 16.4. The molecule has 120 valence electrons. The van der Waals surface area contributed by atoms with E-state index in [9.17, 15) is 14.0 Å². The molecule has 0 saturated heterocycles. The van der Waals surface area contributed by atoms with Gasteiger partial charge in [0.2, 0.25) is 0 Å². The molecule has 0 bridgehead atoms. The quantitative estimate of drug-likeness (QED) is 0.637. The van der Waals surface area contributed by atoms with E-state index >= 15 is 0 Å². The summed E-state index contributed by atoms with van der Waals surface area (Å²) in [5, 5.41) is 0.567. The van der Waals surface area contributed by atoms with Gasteiger partial charge in [-0.1, -0.05) is 18.2 Å². The fourth-order valence-electron chi connectivity index (χ4n) is 2.83. The second-order valence-corrected chi connectivity index (χ2v) is 6.53. The van der Waals surface area contributed by atoms with Crippen molar-refractivity contribution in [3.05, 3.63) is 52.2 Å². The molecule has 4 nitrogen and oxygen atoms in total. The lowest BCUT2D eigenvalue weighted by atomic mass is 10.0. The van der Waals surface area contributed by atoms with Crippen molar-refractivity contribution in [2.24, 2.45) is 0 Å². The maximum absolute atomic E-state index is 14.0. The van der Waals surface area contributed by atoms with Crippen molar-refractivity contribution in [2.45, 2.75) is 25.9 Å². The molecule has 0 fully saturated rings. The molecule has 1 unspecified atom stereocenters. The summed E-state index contributed by atoms with van der Waals surface area (Å²) in [4.78, 5) is 25.7. The number of carbonyl (C=O) groups excluding carboxylic acids is 2. The van der Waals surface area contributed by atoms with Crippen LogP contribution in [0.15, 0.2) is 30.3 Å². The molecule has 23 heavy (non-hydrogen) atoms. The number of carbonyl (C=O) groups is 2. The topological polar surface area (TPSA) is 46.6 Å². The molecule has 1 aromatic carbocycles. The Balaban J connectivity index is 1.83. The number of ether oxygens (including phenoxy) is 1. The number of esters is 1. The van der Waals surface area contributed by atoms with Crippen molar-refractivity contribution in [1.29, 1.82) is 0 Å². The minimum atomic E-state index is -0.610. The number of hydrogen-bond acceptors (Lipinski definition) is 5. The maximum atomic E-state index is 14.0. The first kappa shape index (κ1) is 15.8. The third kappa shape index (κ3) is 3.33. The van der Waals surface area contributed by atoms with Gasteiger partial charge >= 0.3 is 5.97 Å². The fraction of sp³-hybridized carbons (Fsp3) is 0.294. The van der Waals surface area contributed by atoms with Crippen molar-refractivity contribution < 1.29 is 18.7 Å². The summed E-state index contributed by atoms with van der Waals surface area (Å²) in [6.45, 7) is 2.56. The lowest BCUT2D eigenvalue weighted by Gasteiger charge is -2.31. The molecule has 1 aliphatic heterocycles. The van der Waals surface area contributed by atoms with Gasteiger partial charge < -0.3 is 9.53 Å². The molecule has 0 radical (unpaired) electrons. The van der Waals surface area contributed by atoms with Crippen LogP contribution in [0.2, 0.25) is 0 Å². The fourth-order valence-corrected chi connectivity index (χ4v) is 3.88. The van der Waals surface area contributed by atoms with Gasteiger partial charge in [0.15, 0.2) is 5.06 Å². The summed E-state index contributed by atoms with van der Waals surface area (Å²) in [5.74, 6) is -0.723. The lowest BCUT2D eigenvalue weighted by Crippen LogP contribution is -2.34. The minimum Gasteiger partial charge on any atom is -0.416 e. The molecule has 0 saturated carbocycles. The summed E-state index contributed by atoms with van der Waals surface area (Å²) in [6, 6.07) is 7.57. The highest BCUT2D eigenvalue weighted by molar-refractivity contribution is 7.14. The van der Waals surface area contributed by atoms with Crippen LogP contribution in [0.1, 0.15) is 29.0 Å². The van der Waals surface area contributed by atoms with E-state index in [4.69, 9.17) is 4.74 Å². The average Bonchev–Trinajstić information content (AvgIpc) is 2.90. The van der Waals surface area contributed by atoms with Gasteiger partial charge in [0.05, 0.1) is 6.04 Å². The molecule has 0 spiro atoms. The Bertz CT molecular complexity index is 743. The van der Waals surface area contributed by atoms with Gasteiger partial charge in [0, 0.05) is 30.5 Å². The lowest BCUT2D eigenvalue weighted by molar-refractivity contribution is -0.131. The van der Waals surface area contributed by atoms with E-state index in [-0.39, 0.29) is 11.8 Å². The van der Waals surface area contributed by atoms with Crippen LogP contribution in [-0.4, -0.2) is 23.7 Å². The van der Waals surface area contributed by atoms with Crippen LogP contribution < -0.4 is 4.74 Å². The van der Waals surface area contributed by atoms with Gasteiger partial charge in [0.25, 0.3) is 0 Å². The first-order valence-electron chi connectivity index (χ1n) is 7.32. The highest BCUT2D eigenvalue weighted by Crippen LogP contribution is 2.36. The smallest absolute Gasteiger partial charge is 0.308 e. The van der Waals surface area contributed by atoms with Gasteiger partial charge in [-0.15, -0.1) is 11.3 Å². The van der Waals surface area contributed by atoms with Crippen molar-refractivity contribution in [1.82, 2.24) is 4.90 Å². The molecule has 0 amide bonds. The standard InChI is InChI=1S/C17H16FNO3S/c1-11(21)22-17-8-12-9-19(7-6-16(12)23-17)15(10-20)13-4-2-3-5-14(13)18/h2-5,8,10,15H,6-7,9H2,1H3. The van der Waals surface area contributed by atoms with E-state index in [1.165, 1.54) is 24.3 Å². The zero-order valence-electron chi connectivity index (χ0n) is 12.6. The normalized spacial score (nSPS) is 15.7.